The molecule has 0 spiro atoms. The van der Waals surface area contributed by atoms with Crippen molar-refractivity contribution >= 4 is 21.6 Å². The van der Waals surface area contributed by atoms with Crippen LogP contribution >= 0.6 is 0 Å². The van der Waals surface area contributed by atoms with Gasteiger partial charge >= 0.3 is 0 Å². The molecule has 23 heavy (non-hydrogen) atoms. The summed E-state index contributed by atoms with van der Waals surface area (Å²) in [6.45, 7) is 7.13. The minimum Gasteiger partial charge on any atom is -0.373 e. The number of carbonyl (C=O) groups is 1. The maximum atomic E-state index is 12.4. The number of hydrogen-bond donors (Lipinski definition) is 2. The zero-order chi connectivity index (χ0) is 17.2. The summed E-state index contributed by atoms with van der Waals surface area (Å²) in [4.78, 5) is 14.4. The van der Waals surface area contributed by atoms with Crippen LogP contribution in [0.5, 0.6) is 0 Å². The molecule has 7 nitrogen and oxygen atoms in total. The Morgan fingerprint density at radius 2 is 1.96 bits per heavy atom. The van der Waals surface area contributed by atoms with Crippen LogP contribution in [-0.4, -0.2) is 50.6 Å². The fourth-order valence-corrected chi connectivity index (χ4v) is 3.26. The molecule has 1 fully saturated rings. The second kappa shape index (κ2) is 6.96. The number of benzene rings is 1. The van der Waals surface area contributed by atoms with E-state index >= 15 is 0 Å². The SMILES string of the molecule is C[C@H]1CN([C@@H](C)C(=O)Nc2cccc(S(N)(=O)=O)c2)C[C@H](C)O1. The smallest absolute Gasteiger partial charge is 0.241 e. The van der Waals surface area contributed by atoms with E-state index in [0.717, 1.165) is 0 Å². The van der Waals surface area contributed by atoms with Gasteiger partial charge in [0, 0.05) is 18.8 Å². The first kappa shape index (κ1) is 17.9. The third-order valence-corrected chi connectivity index (χ3v) is 4.72. The molecule has 0 saturated carbocycles. The molecule has 0 unspecified atom stereocenters. The van der Waals surface area contributed by atoms with Crippen molar-refractivity contribution in [2.45, 2.75) is 43.9 Å². The van der Waals surface area contributed by atoms with E-state index in [-0.39, 0.29) is 29.1 Å². The molecule has 1 aliphatic rings. The van der Waals surface area contributed by atoms with E-state index in [4.69, 9.17) is 9.88 Å². The fourth-order valence-electron chi connectivity index (χ4n) is 2.70. The standard InChI is InChI=1S/C15H23N3O4S/c1-10-8-18(9-11(2)22-10)12(3)15(19)17-13-5-4-6-14(7-13)23(16,20)21/h4-7,10-12H,8-9H2,1-3H3,(H,17,19)(H2,16,20,21)/t10-,11-,12-/m0/s1. The quantitative estimate of drug-likeness (QED) is 0.842. The highest BCUT2D eigenvalue weighted by atomic mass is 32.2. The van der Waals surface area contributed by atoms with Crippen molar-refractivity contribution in [2.75, 3.05) is 18.4 Å². The first-order valence-electron chi connectivity index (χ1n) is 7.50. The van der Waals surface area contributed by atoms with Gasteiger partial charge in [-0.1, -0.05) is 6.07 Å². The molecule has 0 aliphatic carbocycles. The summed E-state index contributed by atoms with van der Waals surface area (Å²) >= 11 is 0. The summed E-state index contributed by atoms with van der Waals surface area (Å²) in [5, 5.41) is 7.84. The molecule has 1 aromatic rings. The third kappa shape index (κ3) is 4.74. The number of morpholine rings is 1. The lowest BCUT2D eigenvalue weighted by molar-refractivity contribution is -0.126. The summed E-state index contributed by atoms with van der Waals surface area (Å²) in [7, 11) is -3.79. The van der Waals surface area contributed by atoms with Gasteiger partial charge in [0.1, 0.15) is 0 Å². The number of nitrogens with two attached hydrogens (primary N) is 1. The van der Waals surface area contributed by atoms with Crippen molar-refractivity contribution in [1.29, 1.82) is 0 Å². The van der Waals surface area contributed by atoms with Crippen LogP contribution in [0.2, 0.25) is 0 Å². The molecule has 8 heteroatoms. The topological polar surface area (TPSA) is 102 Å². The van der Waals surface area contributed by atoms with Gasteiger partial charge in [-0.25, -0.2) is 13.6 Å². The van der Waals surface area contributed by atoms with Crippen molar-refractivity contribution in [3.05, 3.63) is 24.3 Å². The minimum absolute atomic E-state index is 0.0310. The van der Waals surface area contributed by atoms with Gasteiger partial charge in [0.15, 0.2) is 0 Å². The first-order chi connectivity index (χ1) is 10.7. The van der Waals surface area contributed by atoms with Gasteiger partial charge in [-0.3, -0.25) is 9.69 Å². The molecule has 3 N–H and O–H groups in total. The van der Waals surface area contributed by atoms with E-state index in [9.17, 15) is 13.2 Å². The van der Waals surface area contributed by atoms with Crippen molar-refractivity contribution < 1.29 is 17.9 Å². The van der Waals surface area contributed by atoms with E-state index in [0.29, 0.717) is 18.8 Å². The Kier molecular flexibility index (Phi) is 5.41. The van der Waals surface area contributed by atoms with Gasteiger partial charge < -0.3 is 10.1 Å². The third-order valence-electron chi connectivity index (χ3n) is 3.81. The summed E-state index contributed by atoms with van der Waals surface area (Å²) in [6.07, 6.45) is 0.138. The molecule has 0 radical (unpaired) electrons. The first-order valence-corrected chi connectivity index (χ1v) is 9.04. The highest BCUT2D eigenvalue weighted by molar-refractivity contribution is 7.89. The van der Waals surface area contributed by atoms with Gasteiger partial charge in [0.05, 0.1) is 23.1 Å². The lowest BCUT2D eigenvalue weighted by atomic mass is 10.1. The number of primary sulfonamides is 1. The Balaban J connectivity index is 2.07. The Morgan fingerprint density at radius 1 is 1.35 bits per heavy atom. The highest BCUT2D eigenvalue weighted by Crippen LogP contribution is 2.17. The molecular formula is C15H23N3O4S. The Hall–Kier alpha value is -1.48. The predicted molar refractivity (Wildman–Crippen MR) is 87.5 cm³/mol. The van der Waals surface area contributed by atoms with Gasteiger partial charge in [-0.15, -0.1) is 0 Å². The van der Waals surface area contributed by atoms with E-state index in [1.165, 1.54) is 12.1 Å². The van der Waals surface area contributed by atoms with E-state index in [2.05, 4.69) is 10.2 Å². The van der Waals surface area contributed by atoms with Crippen LogP contribution in [0.4, 0.5) is 5.69 Å². The molecule has 2 rings (SSSR count). The van der Waals surface area contributed by atoms with Crippen LogP contribution in [-0.2, 0) is 19.6 Å². The van der Waals surface area contributed by atoms with Crippen LogP contribution in [0.1, 0.15) is 20.8 Å². The zero-order valence-corrected chi connectivity index (χ0v) is 14.3. The molecule has 3 atom stereocenters. The number of ether oxygens (including phenoxy) is 1. The molecule has 1 heterocycles. The van der Waals surface area contributed by atoms with Gasteiger partial charge in [-0.2, -0.15) is 0 Å². The summed E-state index contributed by atoms with van der Waals surface area (Å²) in [6, 6.07) is 5.56. The fraction of sp³-hybridized carbons (Fsp3) is 0.533. The average molecular weight is 341 g/mol. The second-order valence-corrected chi connectivity index (χ2v) is 7.51. The molecule has 1 aliphatic heterocycles. The normalized spacial score (nSPS) is 24.2. The number of nitrogens with zero attached hydrogens (tertiary/aromatic N) is 1. The zero-order valence-electron chi connectivity index (χ0n) is 13.5. The maximum Gasteiger partial charge on any atom is 0.241 e. The number of sulfonamides is 1. The van der Waals surface area contributed by atoms with E-state index < -0.39 is 10.0 Å². The second-order valence-electron chi connectivity index (χ2n) is 5.95. The van der Waals surface area contributed by atoms with Gasteiger partial charge in [0.25, 0.3) is 0 Å². The molecule has 128 valence electrons. The average Bonchev–Trinajstić information content (AvgIpc) is 2.44. The number of carbonyl (C=O) groups excluding carboxylic acids is 1. The van der Waals surface area contributed by atoms with Crippen molar-refractivity contribution in [3.63, 3.8) is 0 Å². The van der Waals surface area contributed by atoms with Gasteiger partial charge in [-0.05, 0) is 39.0 Å². The molecule has 1 saturated heterocycles. The molecule has 0 bridgehead atoms. The number of anilines is 1. The number of amides is 1. The summed E-state index contributed by atoms with van der Waals surface area (Å²) in [5.74, 6) is -0.196. The number of hydrogen-bond acceptors (Lipinski definition) is 5. The molecular weight excluding hydrogens is 318 g/mol. The Morgan fingerprint density at radius 3 is 2.52 bits per heavy atom. The van der Waals surface area contributed by atoms with Crippen molar-refractivity contribution in [1.82, 2.24) is 4.90 Å². The molecule has 1 amide bonds. The van der Waals surface area contributed by atoms with Crippen LogP contribution in [0, 0.1) is 0 Å². The highest BCUT2D eigenvalue weighted by Gasteiger charge is 2.29. The van der Waals surface area contributed by atoms with Crippen molar-refractivity contribution in [3.8, 4) is 0 Å². The monoisotopic (exact) mass is 341 g/mol. The van der Waals surface area contributed by atoms with Crippen molar-refractivity contribution in [2.24, 2.45) is 5.14 Å². The minimum atomic E-state index is -3.79. The van der Waals surface area contributed by atoms with E-state index in [1.54, 1.807) is 12.1 Å². The van der Waals surface area contributed by atoms with Crippen LogP contribution in [0.25, 0.3) is 0 Å². The number of nitrogens with one attached hydrogen (secondary N) is 1. The van der Waals surface area contributed by atoms with Crippen LogP contribution in [0.15, 0.2) is 29.2 Å². The number of rotatable bonds is 4. The van der Waals surface area contributed by atoms with E-state index in [1.807, 2.05) is 20.8 Å². The Labute approximate surface area is 136 Å². The predicted octanol–water partition coefficient (Wildman–Crippen LogP) is 0.770. The summed E-state index contributed by atoms with van der Waals surface area (Å²) < 4.78 is 28.4. The molecule has 1 aromatic carbocycles. The summed E-state index contributed by atoms with van der Waals surface area (Å²) in [5.41, 5.74) is 0.405. The molecule has 0 aromatic heterocycles. The van der Waals surface area contributed by atoms with Crippen LogP contribution in [0.3, 0.4) is 0 Å². The largest absolute Gasteiger partial charge is 0.373 e. The maximum absolute atomic E-state index is 12.4. The van der Waals surface area contributed by atoms with Gasteiger partial charge in [0.2, 0.25) is 15.9 Å². The Bertz CT molecular complexity index is 667. The lowest BCUT2D eigenvalue weighted by Gasteiger charge is -2.38. The van der Waals surface area contributed by atoms with Crippen LogP contribution < -0.4 is 10.5 Å². The lowest BCUT2D eigenvalue weighted by Crippen LogP contribution is -2.52.